The lowest BCUT2D eigenvalue weighted by atomic mass is 10.1. The number of amidine groups is 1. The number of rotatable bonds is 9. The summed E-state index contributed by atoms with van der Waals surface area (Å²) in [4.78, 5) is 22.6. The van der Waals surface area contributed by atoms with Crippen LogP contribution in [0.5, 0.6) is 11.5 Å². The van der Waals surface area contributed by atoms with Gasteiger partial charge in [-0.3, -0.25) is 0 Å². The molecule has 1 aliphatic rings. The molecule has 0 saturated carbocycles. The second-order valence-corrected chi connectivity index (χ2v) is 10.1. The summed E-state index contributed by atoms with van der Waals surface area (Å²) >= 11 is 1.40. The molecule has 0 N–H and O–H groups in total. The molecular formula is C29H25F4N5O4S. The molecule has 1 amide bonds. The predicted octanol–water partition coefficient (Wildman–Crippen LogP) is 6.99. The van der Waals surface area contributed by atoms with E-state index in [9.17, 15) is 22.4 Å². The van der Waals surface area contributed by atoms with Gasteiger partial charge >= 0.3 is 12.5 Å². The SMILES string of the molecule is CCOc1ccccc1N1CCS/C1=N\C(=O)OCC(F)c1ccc(-c2ncn(-c3ccc(OC(F)(F)F)cc3)n2)cc1. The first-order valence-electron chi connectivity index (χ1n) is 13.1. The Kier molecular flexibility index (Phi) is 9.14. The lowest BCUT2D eigenvalue weighted by Crippen LogP contribution is -2.25. The Morgan fingerprint density at radius 1 is 1.07 bits per heavy atom. The Hall–Kier alpha value is -4.59. The fourth-order valence-corrected chi connectivity index (χ4v) is 5.13. The maximum absolute atomic E-state index is 14.9. The van der Waals surface area contributed by atoms with Crippen molar-refractivity contribution in [2.75, 3.05) is 30.4 Å². The van der Waals surface area contributed by atoms with Crippen LogP contribution in [0.15, 0.2) is 84.1 Å². The number of para-hydroxylation sites is 2. The van der Waals surface area contributed by atoms with Gasteiger partial charge in [0.1, 0.15) is 24.4 Å². The zero-order chi connectivity index (χ0) is 30.4. The summed E-state index contributed by atoms with van der Waals surface area (Å²) in [6, 6.07) is 18.9. The molecule has 1 unspecified atom stereocenters. The Bertz CT molecular complexity index is 1580. The molecule has 14 heteroatoms. The molecule has 1 saturated heterocycles. The molecule has 0 bridgehead atoms. The number of amides is 1. The molecule has 0 spiro atoms. The van der Waals surface area contributed by atoms with E-state index in [2.05, 4.69) is 19.8 Å². The molecule has 5 rings (SSSR count). The van der Waals surface area contributed by atoms with Crippen molar-refractivity contribution in [1.29, 1.82) is 0 Å². The Morgan fingerprint density at radius 3 is 2.53 bits per heavy atom. The standard InChI is InChI=1S/C29H25F4N5O4S/c1-2-40-25-6-4-3-5-24(25)37-15-16-43-27(37)35-28(39)41-17-23(30)19-7-9-20(10-8-19)26-34-18-38(36-26)21-11-13-22(14-12-21)42-29(31,32)33/h3-14,18,23H,2,15-17H2,1H3/b35-27-. The summed E-state index contributed by atoms with van der Waals surface area (Å²) in [5.41, 5.74) is 2.13. The number of thioether (sulfide) groups is 1. The quantitative estimate of drug-likeness (QED) is 0.186. The molecule has 2 heterocycles. The van der Waals surface area contributed by atoms with Crippen LogP contribution in [-0.2, 0) is 4.74 Å². The first-order chi connectivity index (χ1) is 20.7. The third-order valence-corrected chi connectivity index (χ3v) is 7.09. The maximum atomic E-state index is 14.9. The van der Waals surface area contributed by atoms with Gasteiger partial charge in [-0.15, -0.1) is 18.3 Å². The lowest BCUT2D eigenvalue weighted by molar-refractivity contribution is -0.274. The third-order valence-electron chi connectivity index (χ3n) is 6.13. The van der Waals surface area contributed by atoms with Crippen molar-refractivity contribution >= 4 is 28.7 Å². The molecule has 0 radical (unpaired) electrons. The van der Waals surface area contributed by atoms with Gasteiger partial charge in [0.15, 0.2) is 17.2 Å². The largest absolute Gasteiger partial charge is 0.573 e. The molecule has 224 valence electrons. The smallest absolute Gasteiger partial charge is 0.492 e. The molecule has 1 atom stereocenters. The van der Waals surface area contributed by atoms with E-state index in [1.165, 1.54) is 59.2 Å². The molecule has 43 heavy (non-hydrogen) atoms. The summed E-state index contributed by atoms with van der Waals surface area (Å²) in [6.07, 6.45) is -5.86. The van der Waals surface area contributed by atoms with E-state index in [-0.39, 0.29) is 11.3 Å². The second kappa shape index (κ2) is 13.2. The van der Waals surface area contributed by atoms with Gasteiger partial charge in [-0.1, -0.05) is 48.2 Å². The Morgan fingerprint density at radius 2 is 1.81 bits per heavy atom. The van der Waals surface area contributed by atoms with Gasteiger partial charge in [-0.05, 0) is 48.9 Å². The van der Waals surface area contributed by atoms with Crippen LogP contribution in [0.25, 0.3) is 17.1 Å². The third kappa shape index (κ3) is 7.63. The number of anilines is 1. The van der Waals surface area contributed by atoms with Crippen molar-refractivity contribution in [3.8, 4) is 28.6 Å². The van der Waals surface area contributed by atoms with E-state index in [1.54, 1.807) is 12.1 Å². The average molecular weight is 616 g/mol. The normalized spacial score (nSPS) is 15.0. The minimum absolute atomic E-state index is 0.284. The molecule has 4 aromatic rings. The number of halogens is 4. The molecule has 0 aliphatic carbocycles. The van der Waals surface area contributed by atoms with E-state index < -0.39 is 25.2 Å². The van der Waals surface area contributed by atoms with Crippen molar-refractivity contribution in [2.24, 2.45) is 4.99 Å². The van der Waals surface area contributed by atoms with Crippen LogP contribution in [0.2, 0.25) is 0 Å². The minimum atomic E-state index is -4.78. The zero-order valence-electron chi connectivity index (χ0n) is 22.7. The van der Waals surface area contributed by atoms with Crippen molar-refractivity contribution < 1.29 is 36.6 Å². The van der Waals surface area contributed by atoms with E-state index in [1.807, 2.05) is 36.1 Å². The van der Waals surface area contributed by atoms with Gasteiger partial charge in [-0.25, -0.2) is 18.9 Å². The number of aromatic nitrogens is 3. The van der Waals surface area contributed by atoms with Gasteiger partial charge in [0.2, 0.25) is 0 Å². The molecule has 1 aliphatic heterocycles. The van der Waals surface area contributed by atoms with Crippen molar-refractivity contribution in [1.82, 2.24) is 14.8 Å². The number of ether oxygens (including phenoxy) is 3. The highest BCUT2D eigenvalue weighted by Gasteiger charge is 2.31. The highest BCUT2D eigenvalue weighted by molar-refractivity contribution is 8.14. The fourth-order valence-electron chi connectivity index (χ4n) is 4.19. The highest BCUT2D eigenvalue weighted by atomic mass is 32.2. The van der Waals surface area contributed by atoms with Crippen molar-refractivity contribution in [3.05, 3.63) is 84.7 Å². The van der Waals surface area contributed by atoms with Crippen LogP contribution >= 0.6 is 11.8 Å². The molecule has 1 fully saturated rings. The van der Waals surface area contributed by atoms with Crippen LogP contribution < -0.4 is 14.4 Å². The van der Waals surface area contributed by atoms with Gasteiger partial charge in [0.25, 0.3) is 0 Å². The number of hydrogen-bond acceptors (Lipinski definition) is 7. The van der Waals surface area contributed by atoms with Crippen molar-refractivity contribution in [3.63, 3.8) is 0 Å². The van der Waals surface area contributed by atoms with E-state index >= 15 is 0 Å². The summed E-state index contributed by atoms with van der Waals surface area (Å²) in [5.74, 6) is 1.37. The Balaban J connectivity index is 1.17. The topological polar surface area (TPSA) is 91.1 Å². The van der Waals surface area contributed by atoms with Crippen LogP contribution in [0.4, 0.5) is 28.0 Å². The van der Waals surface area contributed by atoms with Crippen LogP contribution in [-0.4, -0.2) is 57.9 Å². The van der Waals surface area contributed by atoms with Crippen LogP contribution in [0.1, 0.15) is 18.7 Å². The molecule has 3 aromatic carbocycles. The first-order valence-corrected chi connectivity index (χ1v) is 14.1. The van der Waals surface area contributed by atoms with E-state index in [4.69, 9.17) is 9.47 Å². The predicted molar refractivity (Wildman–Crippen MR) is 154 cm³/mol. The van der Waals surface area contributed by atoms with Gasteiger partial charge in [0.05, 0.1) is 18.0 Å². The van der Waals surface area contributed by atoms with E-state index in [0.29, 0.717) is 41.1 Å². The molecular weight excluding hydrogens is 590 g/mol. The number of benzene rings is 3. The second-order valence-electron chi connectivity index (χ2n) is 9.02. The van der Waals surface area contributed by atoms with Gasteiger partial charge in [-0.2, -0.15) is 4.99 Å². The maximum Gasteiger partial charge on any atom is 0.573 e. The van der Waals surface area contributed by atoms with Crippen LogP contribution in [0, 0.1) is 0 Å². The highest BCUT2D eigenvalue weighted by Crippen LogP contribution is 2.33. The zero-order valence-corrected chi connectivity index (χ0v) is 23.5. The number of nitrogens with zero attached hydrogens (tertiary/aromatic N) is 5. The summed E-state index contributed by atoms with van der Waals surface area (Å²) < 4.78 is 68.1. The number of carbonyl (C=O) groups excluding carboxylic acids is 1. The number of aliphatic imine (C=N–C) groups is 1. The van der Waals surface area contributed by atoms with Gasteiger partial charge < -0.3 is 19.1 Å². The van der Waals surface area contributed by atoms with Crippen LogP contribution in [0.3, 0.4) is 0 Å². The lowest BCUT2D eigenvalue weighted by Gasteiger charge is -2.20. The van der Waals surface area contributed by atoms with Gasteiger partial charge in [0, 0.05) is 17.9 Å². The fraction of sp³-hybridized carbons (Fsp3) is 0.241. The first kappa shape index (κ1) is 29.9. The summed E-state index contributed by atoms with van der Waals surface area (Å²) in [5, 5.41) is 4.79. The number of carbonyl (C=O) groups is 1. The monoisotopic (exact) mass is 615 g/mol. The Labute approximate surface area is 248 Å². The minimum Gasteiger partial charge on any atom is -0.492 e. The summed E-state index contributed by atoms with van der Waals surface area (Å²) in [7, 11) is 0. The van der Waals surface area contributed by atoms with Crippen molar-refractivity contribution in [2.45, 2.75) is 19.5 Å². The van der Waals surface area contributed by atoms with E-state index in [0.717, 1.165) is 11.4 Å². The molecule has 9 nitrogen and oxygen atoms in total. The average Bonchev–Trinajstić information content (AvgIpc) is 3.66. The number of hydrogen-bond donors (Lipinski definition) is 0. The number of alkyl halides is 4. The molecule has 1 aromatic heterocycles. The summed E-state index contributed by atoms with van der Waals surface area (Å²) in [6.45, 7) is 2.50.